The molecule has 3 heterocycles. The summed E-state index contributed by atoms with van der Waals surface area (Å²) in [5.74, 6) is 0.773. The van der Waals surface area contributed by atoms with Crippen molar-refractivity contribution in [3.63, 3.8) is 0 Å². The van der Waals surface area contributed by atoms with Crippen LogP contribution in [0.4, 0.5) is 11.5 Å². The van der Waals surface area contributed by atoms with E-state index >= 15 is 0 Å². The van der Waals surface area contributed by atoms with Gasteiger partial charge in [0, 0.05) is 33.3 Å². The Hall–Kier alpha value is -2.87. The van der Waals surface area contributed by atoms with Crippen LogP contribution in [0.25, 0.3) is 0 Å². The van der Waals surface area contributed by atoms with Gasteiger partial charge in [-0.15, -0.1) is 0 Å². The lowest BCUT2D eigenvalue weighted by atomic mass is 10.3. The zero-order valence-corrected chi connectivity index (χ0v) is 14.7. The molecule has 8 nitrogen and oxygen atoms in total. The molecule has 138 valence electrons. The highest BCUT2D eigenvalue weighted by atomic mass is 16.5. The number of rotatable bonds is 5. The van der Waals surface area contributed by atoms with Crippen LogP contribution < -0.4 is 10.2 Å². The number of carbonyl (C=O) groups is 2. The Bertz CT molecular complexity index is 730. The predicted molar refractivity (Wildman–Crippen MR) is 96.2 cm³/mol. The van der Waals surface area contributed by atoms with Gasteiger partial charge in [0.25, 0.3) is 5.91 Å². The van der Waals surface area contributed by atoms with Crippen LogP contribution in [-0.4, -0.2) is 61.6 Å². The van der Waals surface area contributed by atoms with Crippen LogP contribution in [0, 0.1) is 0 Å². The molecule has 0 radical (unpaired) electrons. The first kappa shape index (κ1) is 17.9. The van der Waals surface area contributed by atoms with Gasteiger partial charge in [-0.3, -0.25) is 9.59 Å². The monoisotopic (exact) mass is 358 g/mol. The summed E-state index contributed by atoms with van der Waals surface area (Å²) in [7, 11) is 1.53. The molecule has 1 saturated heterocycles. The van der Waals surface area contributed by atoms with Crippen molar-refractivity contribution in [2.75, 3.05) is 50.1 Å². The molecule has 0 aromatic carbocycles. The van der Waals surface area contributed by atoms with Gasteiger partial charge in [-0.1, -0.05) is 0 Å². The van der Waals surface area contributed by atoms with Gasteiger partial charge in [-0.25, -0.2) is 4.98 Å². The number of methoxy groups -OCH3 is 1. The fraction of sp³-hybridized carbons (Fsp3) is 0.389. The molecule has 0 saturated carbocycles. The van der Waals surface area contributed by atoms with Crippen LogP contribution >= 0.6 is 0 Å². The van der Waals surface area contributed by atoms with E-state index in [1.54, 1.807) is 18.3 Å². The van der Waals surface area contributed by atoms with Crippen LogP contribution in [-0.2, 0) is 9.53 Å². The molecule has 1 aliphatic heterocycles. The zero-order valence-electron chi connectivity index (χ0n) is 14.7. The summed E-state index contributed by atoms with van der Waals surface area (Å²) >= 11 is 0. The Labute approximate surface area is 151 Å². The van der Waals surface area contributed by atoms with E-state index in [0.29, 0.717) is 18.8 Å². The minimum atomic E-state index is -0.313. The van der Waals surface area contributed by atoms with Gasteiger partial charge in [0.2, 0.25) is 5.91 Å². The molecule has 0 unspecified atom stereocenters. The first-order chi connectivity index (χ1) is 12.7. The number of hydrogen-bond donors (Lipinski definition) is 1. The van der Waals surface area contributed by atoms with E-state index < -0.39 is 0 Å². The average molecular weight is 358 g/mol. The number of furan rings is 1. The smallest absolute Gasteiger partial charge is 0.291 e. The standard InChI is InChI=1S/C18H22N4O4/c1-25-13-17(23)22-8-3-7-21(9-10-22)16-6-5-14(12-19-16)20-18(24)15-4-2-11-26-15/h2,4-6,11-12H,3,7-10,13H2,1H3,(H,20,24). The Morgan fingerprint density at radius 1 is 1.23 bits per heavy atom. The van der Waals surface area contributed by atoms with Crippen LogP contribution in [0.15, 0.2) is 41.1 Å². The van der Waals surface area contributed by atoms with Gasteiger partial charge in [-0.05, 0) is 30.7 Å². The second-order valence-corrected chi connectivity index (χ2v) is 5.99. The van der Waals surface area contributed by atoms with Crippen molar-refractivity contribution < 1.29 is 18.7 Å². The molecule has 1 N–H and O–H groups in total. The fourth-order valence-electron chi connectivity index (χ4n) is 2.86. The second-order valence-electron chi connectivity index (χ2n) is 5.99. The normalized spacial score (nSPS) is 14.8. The molecule has 0 bridgehead atoms. The number of nitrogens with zero attached hydrogens (tertiary/aromatic N) is 3. The van der Waals surface area contributed by atoms with Crippen molar-refractivity contribution >= 4 is 23.3 Å². The summed E-state index contributed by atoms with van der Waals surface area (Å²) in [6, 6.07) is 6.94. The number of aromatic nitrogens is 1. The topological polar surface area (TPSA) is 87.9 Å². The maximum absolute atomic E-state index is 12.0. The van der Waals surface area contributed by atoms with E-state index in [0.717, 1.165) is 25.3 Å². The van der Waals surface area contributed by atoms with Crippen molar-refractivity contribution in [1.82, 2.24) is 9.88 Å². The van der Waals surface area contributed by atoms with Crippen LogP contribution in [0.1, 0.15) is 17.0 Å². The Morgan fingerprint density at radius 2 is 2.12 bits per heavy atom. The number of carbonyl (C=O) groups excluding carboxylic acids is 2. The summed E-state index contributed by atoms with van der Waals surface area (Å²) < 4.78 is 9.99. The van der Waals surface area contributed by atoms with Gasteiger partial charge in [0.1, 0.15) is 12.4 Å². The third-order valence-electron chi connectivity index (χ3n) is 4.19. The lowest BCUT2D eigenvalue weighted by Crippen LogP contribution is -2.37. The Kier molecular flexibility index (Phi) is 5.85. The Morgan fingerprint density at radius 3 is 2.81 bits per heavy atom. The third kappa shape index (κ3) is 4.40. The fourth-order valence-corrected chi connectivity index (χ4v) is 2.86. The van der Waals surface area contributed by atoms with Gasteiger partial charge in [0.05, 0.1) is 18.1 Å². The van der Waals surface area contributed by atoms with Crippen molar-refractivity contribution in [3.8, 4) is 0 Å². The van der Waals surface area contributed by atoms with Crippen LogP contribution in [0.3, 0.4) is 0 Å². The lowest BCUT2D eigenvalue weighted by molar-refractivity contribution is -0.134. The first-order valence-corrected chi connectivity index (χ1v) is 8.50. The summed E-state index contributed by atoms with van der Waals surface area (Å²) in [4.78, 5) is 32.3. The first-order valence-electron chi connectivity index (χ1n) is 8.50. The number of nitrogens with one attached hydrogen (secondary N) is 1. The zero-order chi connectivity index (χ0) is 18.4. The highest BCUT2D eigenvalue weighted by Gasteiger charge is 2.19. The molecule has 0 atom stereocenters. The molecule has 26 heavy (non-hydrogen) atoms. The minimum absolute atomic E-state index is 0.0123. The van der Waals surface area contributed by atoms with E-state index in [4.69, 9.17) is 9.15 Å². The molecule has 0 aliphatic carbocycles. The van der Waals surface area contributed by atoms with Gasteiger partial charge >= 0.3 is 0 Å². The lowest BCUT2D eigenvalue weighted by Gasteiger charge is -2.22. The van der Waals surface area contributed by atoms with E-state index in [9.17, 15) is 9.59 Å². The van der Waals surface area contributed by atoms with E-state index in [2.05, 4.69) is 15.2 Å². The molecule has 0 spiro atoms. The third-order valence-corrected chi connectivity index (χ3v) is 4.19. The molecule has 3 rings (SSSR count). The second kappa shape index (κ2) is 8.48. The quantitative estimate of drug-likeness (QED) is 0.874. The molecule has 8 heteroatoms. The molecular formula is C18H22N4O4. The maximum Gasteiger partial charge on any atom is 0.291 e. The highest BCUT2D eigenvalue weighted by Crippen LogP contribution is 2.17. The largest absolute Gasteiger partial charge is 0.459 e. The molecule has 1 aliphatic rings. The predicted octanol–water partition coefficient (Wildman–Crippen LogP) is 1.61. The summed E-state index contributed by atoms with van der Waals surface area (Å²) in [5.41, 5.74) is 0.599. The van der Waals surface area contributed by atoms with Crippen molar-refractivity contribution in [2.24, 2.45) is 0 Å². The minimum Gasteiger partial charge on any atom is -0.459 e. The number of ether oxygens (including phenoxy) is 1. The molecular weight excluding hydrogens is 336 g/mol. The van der Waals surface area contributed by atoms with Gasteiger partial charge < -0.3 is 24.3 Å². The number of hydrogen-bond acceptors (Lipinski definition) is 6. The maximum atomic E-state index is 12.0. The molecule has 1 fully saturated rings. The van der Waals surface area contributed by atoms with Gasteiger partial charge in [0.15, 0.2) is 5.76 Å². The van der Waals surface area contributed by atoms with Crippen LogP contribution in [0.2, 0.25) is 0 Å². The summed E-state index contributed by atoms with van der Waals surface area (Å²) in [6.45, 7) is 3.00. The van der Waals surface area contributed by atoms with Crippen molar-refractivity contribution in [1.29, 1.82) is 0 Å². The van der Waals surface area contributed by atoms with Crippen LogP contribution in [0.5, 0.6) is 0 Å². The molecule has 2 aromatic rings. The average Bonchev–Trinajstić information content (AvgIpc) is 3.07. The molecule has 2 amide bonds. The summed E-state index contributed by atoms with van der Waals surface area (Å²) in [5, 5.41) is 2.74. The SMILES string of the molecule is COCC(=O)N1CCCN(c2ccc(NC(=O)c3ccco3)cn2)CC1. The van der Waals surface area contributed by atoms with E-state index in [1.807, 2.05) is 17.0 Å². The van der Waals surface area contributed by atoms with Gasteiger partial charge in [-0.2, -0.15) is 0 Å². The Balaban J connectivity index is 1.58. The number of amides is 2. The van der Waals surface area contributed by atoms with E-state index in [1.165, 1.54) is 13.4 Å². The highest BCUT2D eigenvalue weighted by molar-refractivity contribution is 6.02. The number of anilines is 2. The van der Waals surface area contributed by atoms with Crippen molar-refractivity contribution in [3.05, 3.63) is 42.5 Å². The molecule has 2 aromatic heterocycles. The summed E-state index contributed by atoms with van der Waals surface area (Å²) in [6.07, 6.45) is 3.94. The van der Waals surface area contributed by atoms with Crippen molar-refractivity contribution in [2.45, 2.75) is 6.42 Å². The number of pyridine rings is 1. The van der Waals surface area contributed by atoms with E-state index in [-0.39, 0.29) is 24.2 Å².